The minimum absolute atomic E-state index is 0.0366. The van der Waals surface area contributed by atoms with Gasteiger partial charge in [-0.1, -0.05) is 0 Å². The van der Waals surface area contributed by atoms with E-state index in [4.69, 9.17) is 11.6 Å². The summed E-state index contributed by atoms with van der Waals surface area (Å²) in [6, 6.07) is 1.79. The predicted molar refractivity (Wildman–Crippen MR) is 65.8 cm³/mol. The van der Waals surface area contributed by atoms with Gasteiger partial charge in [-0.15, -0.1) is 0 Å². The first-order valence-corrected chi connectivity index (χ1v) is 6.04. The second kappa shape index (κ2) is 6.52. The van der Waals surface area contributed by atoms with Gasteiger partial charge in [0.1, 0.15) is 0 Å². The van der Waals surface area contributed by atoms with Crippen molar-refractivity contribution in [2.24, 2.45) is 5.84 Å². The van der Waals surface area contributed by atoms with Crippen LogP contribution in [0.5, 0.6) is 0 Å². The summed E-state index contributed by atoms with van der Waals surface area (Å²) < 4.78 is 74.2. The second-order valence-electron chi connectivity index (χ2n) is 4.57. The van der Waals surface area contributed by atoms with E-state index in [2.05, 4.69) is 5.43 Å². The summed E-state index contributed by atoms with van der Waals surface area (Å²) in [5.74, 6) is 5.21. The van der Waals surface area contributed by atoms with Gasteiger partial charge in [0.2, 0.25) is 0 Å². The summed E-state index contributed by atoms with van der Waals surface area (Å²) >= 11 is 0. The molecular formula is C12H15F6N3. The molecule has 0 spiro atoms. The molecule has 0 aromatic heterocycles. The number of anilines is 1. The molecule has 5 N–H and O–H groups in total. The standard InChI is InChI=1S/C12H15F6N3/c13-11(14,15)5-1-2-10(21-20)8-6-7(12(16,17)18)3-4-9(8)19/h3-4,6,10,21H,1-2,5,19-20H2. The van der Waals surface area contributed by atoms with E-state index in [0.29, 0.717) is 0 Å². The lowest BCUT2D eigenvalue weighted by Gasteiger charge is -2.20. The average molecular weight is 315 g/mol. The molecule has 0 saturated carbocycles. The molecule has 1 unspecified atom stereocenters. The lowest BCUT2D eigenvalue weighted by molar-refractivity contribution is -0.137. The molecule has 0 heterocycles. The predicted octanol–water partition coefficient (Wildman–Crippen LogP) is 3.52. The van der Waals surface area contributed by atoms with Gasteiger partial charge in [-0.25, -0.2) is 0 Å². The summed E-state index contributed by atoms with van der Waals surface area (Å²) in [7, 11) is 0. The van der Waals surface area contributed by atoms with Gasteiger partial charge in [0.15, 0.2) is 0 Å². The Morgan fingerprint density at radius 3 is 2.19 bits per heavy atom. The smallest absolute Gasteiger partial charge is 0.398 e. The summed E-state index contributed by atoms with van der Waals surface area (Å²) in [5.41, 5.74) is 6.94. The van der Waals surface area contributed by atoms with Crippen LogP contribution >= 0.6 is 0 Å². The number of nitrogens with two attached hydrogens (primary N) is 2. The first-order chi connectivity index (χ1) is 9.54. The van der Waals surface area contributed by atoms with Crippen molar-refractivity contribution in [3.05, 3.63) is 29.3 Å². The van der Waals surface area contributed by atoms with E-state index in [-0.39, 0.29) is 24.1 Å². The molecule has 120 valence electrons. The van der Waals surface area contributed by atoms with Crippen LogP contribution < -0.4 is 17.0 Å². The van der Waals surface area contributed by atoms with Crippen molar-refractivity contribution in [3.63, 3.8) is 0 Å². The van der Waals surface area contributed by atoms with Crippen molar-refractivity contribution < 1.29 is 26.3 Å². The third-order valence-electron chi connectivity index (χ3n) is 2.94. The number of benzene rings is 1. The van der Waals surface area contributed by atoms with Crippen LogP contribution in [0, 0.1) is 0 Å². The van der Waals surface area contributed by atoms with Crippen LogP contribution in [-0.2, 0) is 6.18 Å². The van der Waals surface area contributed by atoms with Gasteiger partial charge in [-0.3, -0.25) is 11.3 Å². The van der Waals surface area contributed by atoms with Gasteiger partial charge >= 0.3 is 12.4 Å². The molecule has 1 aromatic carbocycles. The number of halogens is 6. The first kappa shape index (κ1) is 17.6. The van der Waals surface area contributed by atoms with Crippen molar-refractivity contribution in [1.82, 2.24) is 5.43 Å². The van der Waals surface area contributed by atoms with E-state index in [1.54, 1.807) is 0 Å². The molecule has 0 radical (unpaired) electrons. The fourth-order valence-corrected chi connectivity index (χ4v) is 1.89. The number of hydrogen-bond donors (Lipinski definition) is 3. The lowest BCUT2D eigenvalue weighted by Crippen LogP contribution is -2.29. The molecule has 21 heavy (non-hydrogen) atoms. The van der Waals surface area contributed by atoms with Crippen LogP contribution in [0.1, 0.15) is 36.4 Å². The Morgan fingerprint density at radius 1 is 1.10 bits per heavy atom. The van der Waals surface area contributed by atoms with Crippen molar-refractivity contribution in [3.8, 4) is 0 Å². The Kier molecular flexibility index (Phi) is 5.46. The highest BCUT2D eigenvalue weighted by atomic mass is 19.4. The molecule has 0 aliphatic heterocycles. The highest BCUT2D eigenvalue weighted by Crippen LogP contribution is 2.34. The number of hydrazine groups is 1. The highest BCUT2D eigenvalue weighted by Gasteiger charge is 2.32. The third-order valence-corrected chi connectivity index (χ3v) is 2.94. The Balaban J connectivity index is 2.89. The van der Waals surface area contributed by atoms with E-state index in [1.165, 1.54) is 0 Å². The highest BCUT2D eigenvalue weighted by molar-refractivity contribution is 5.50. The second-order valence-corrected chi connectivity index (χ2v) is 4.57. The Labute approximate surface area is 117 Å². The maximum Gasteiger partial charge on any atom is 0.416 e. The van der Waals surface area contributed by atoms with Gasteiger partial charge in [0, 0.05) is 18.2 Å². The van der Waals surface area contributed by atoms with Crippen LogP contribution in [0.2, 0.25) is 0 Å². The molecule has 9 heteroatoms. The van der Waals surface area contributed by atoms with Crippen molar-refractivity contribution in [1.29, 1.82) is 0 Å². The van der Waals surface area contributed by atoms with Gasteiger partial charge in [-0.2, -0.15) is 26.3 Å². The van der Waals surface area contributed by atoms with Crippen LogP contribution in [0.4, 0.5) is 32.0 Å². The Bertz CT molecular complexity index is 469. The van der Waals surface area contributed by atoms with Crippen molar-refractivity contribution >= 4 is 5.69 Å². The first-order valence-electron chi connectivity index (χ1n) is 6.04. The van der Waals surface area contributed by atoms with Crippen LogP contribution in [0.3, 0.4) is 0 Å². The van der Waals surface area contributed by atoms with Gasteiger partial charge in [0.25, 0.3) is 0 Å². The van der Waals surface area contributed by atoms with E-state index >= 15 is 0 Å². The third kappa shape index (κ3) is 5.43. The zero-order chi connectivity index (χ0) is 16.3. The average Bonchev–Trinajstić information content (AvgIpc) is 2.33. The van der Waals surface area contributed by atoms with E-state index in [9.17, 15) is 26.3 Å². The van der Waals surface area contributed by atoms with Crippen molar-refractivity contribution in [2.45, 2.75) is 37.7 Å². The van der Waals surface area contributed by atoms with E-state index < -0.39 is 30.4 Å². The molecule has 0 fully saturated rings. The topological polar surface area (TPSA) is 64.1 Å². The molecule has 3 nitrogen and oxygen atoms in total. The maximum atomic E-state index is 12.6. The molecule has 0 saturated heterocycles. The minimum Gasteiger partial charge on any atom is -0.398 e. The minimum atomic E-state index is -4.56. The SMILES string of the molecule is NNC(CCCC(F)(F)F)c1cc(C(F)(F)F)ccc1N. The molecule has 0 aliphatic rings. The summed E-state index contributed by atoms with van der Waals surface area (Å²) in [4.78, 5) is 0. The fraction of sp³-hybridized carbons (Fsp3) is 0.500. The monoisotopic (exact) mass is 315 g/mol. The van der Waals surface area contributed by atoms with Crippen LogP contribution in [0.15, 0.2) is 18.2 Å². The summed E-state index contributed by atoms with van der Waals surface area (Å²) in [5, 5.41) is 0. The zero-order valence-electron chi connectivity index (χ0n) is 10.9. The maximum absolute atomic E-state index is 12.6. The van der Waals surface area contributed by atoms with Gasteiger partial charge < -0.3 is 5.73 Å². The Hall–Kier alpha value is -1.48. The van der Waals surface area contributed by atoms with Gasteiger partial charge in [-0.05, 0) is 36.6 Å². The zero-order valence-corrected chi connectivity index (χ0v) is 10.9. The quantitative estimate of drug-likeness (QED) is 0.337. The molecule has 1 atom stereocenters. The molecule has 1 rings (SSSR count). The lowest BCUT2D eigenvalue weighted by atomic mass is 9.97. The fourth-order valence-electron chi connectivity index (χ4n) is 1.89. The van der Waals surface area contributed by atoms with E-state index in [0.717, 1.165) is 18.2 Å². The molecule has 1 aromatic rings. The normalized spacial score (nSPS) is 14.2. The molecule has 0 bridgehead atoms. The molecule has 0 amide bonds. The number of nitrogens with one attached hydrogen (secondary N) is 1. The van der Waals surface area contributed by atoms with E-state index in [1.807, 2.05) is 0 Å². The number of hydrogen-bond acceptors (Lipinski definition) is 3. The number of rotatable bonds is 5. The molecule has 0 aliphatic carbocycles. The Morgan fingerprint density at radius 2 is 1.71 bits per heavy atom. The van der Waals surface area contributed by atoms with Crippen LogP contribution in [-0.4, -0.2) is 6.18 Å². The number of alkyl halides is 6. The molecular weight excluding hydrogens is 300 g/mol. The number of nitrogen functional groups attached to an aromatic ring is 1. The summed E-state index contributed by atoms with van der Waals surface area (Å²) in [6.07, 6.45) is -10.3. The largest absolute Gasteiger partial charge is 0.416 e. The van der Waals surface area contributed by atoms with Crippen molar-refractivity contribution in [2.75, 3.05) is 5.73 Å². The van der Waals surface area contributed by atoms with Gasteiger partial charge in [0.05, 0.1) is 5.56 Å². The van der Waals surface area contributed by atoms with Crippen LogP contribution in [0.25, 0.3) is 0 Å². The summed E-state index contributed by atoms with van der Waals surface area (Å²) in [6.45, 7) is 0.